The zero-order valence-corrected chi connectivity index (χ0v) is 18.8. The van der Waals surface area contributed by atoms with Gasteiger partial charge in [0, 0.05) is 16.5 Å². The van der Waals surface area contributed by atoms with Gasteiger partial charge in [-0.15, -0.1) is 17.9 Å². The van der Waals surface area contributed by atoms with Crippen LogP contribution in [0.4, 0.5) is 0 Å². The van der Waals surface area contributed by atoms with Gasteiger partial charge in [0.15, 0.2) is 0 Å². The van der Waals surface area contributed by atoms with E-state index < -0.39 is 0 Å². The number of hydrogen-bond donors (Lipinski definition) is 0. The van der Waals surface area contributed by atoms with Crippen LogP contribution in [0.25, 0.3) is 11.3 Å². The van der Waals surface area contributed by atoms with Gasteiger partial charge in [0.25, 0.3) is 0 Å². The molecule has 1 aromatic heterocycles. The largest absolute Gasteiger partial charge is 0.497 e. The van der Waals surface area contributed by atoms with Crippen LogP contribution in [0.5, 0.6) is 23.0 Å². The number of methoxy groups -OCH3 is 4. The van der Waals surface area contributed by atoms with Gasteiger partial charge in [-0.1, -0.05) is 6.08 Å². The first-order valence-electron chi connectivity index (χ1n) is 9.45. The zero-order chi connectivity index (χ0) is 22.2. The summed E-state index contributed by atoms with van der Waals surface area (Å²) in [6.07, 6.45) is 3.46. The molecule has 3 rings (SSSR count). The lowest BCUT2D eigenvalue weighted by molar-refractivity contribution is 0.402. The van der Waals surface area contributed by atoms with E-state index in [1.165, 1.54) is 11.3 Å². The summed E-state index contributed by atoms with van der Waals surface area (Å²) in [6, 6.07) is 11.2. The third kappa shape index (κ3) is 4.97. The molecule has 162 valence electrons. The number of rotatable bonds is 9. The van der Waals surface area contributed by atoms with Crippen molar-refractivity contribution < 1.29 is 18.9 Å². The van der Waals surface area contributed by atoms with Crippen LogP contribution >= 0.6 is 11.3 Å². The average Bonchev–Trinajstić information content (AvgIpc) is 3.22. The Morgan fingerprint density at radius 3 is 2.26 bits per heavy atom. The Labute approximate surface area is 185 Å². The SMILES string of the molecule is C=CCN=c1scc(-c2cc(OC)ccc2OC)n1N=Cc1cc(OC)ccc1OC. The highest BCUT2D eigenvalue weighted by Crippen LogP contribution is 2.34. The van der Waals surface area contributed by atoms with Crippen molar-refractivity contribution in [3.05, 3.63) is 64.8 Å². The first-order valence-corrected chi connectivity index (χ1v) is 10.3. The topological polar surface area (TPSA) is 66.6 Å². The number of ether oxygens (including phenoxy) is 4. The second kappa shape index (κ2) is 10.5. The molecule has 31 heavy (non-hydrogen) atoms. The van der Waals surface area contributed by atoms with Crippen molar-refractivity contribution in [3.8, 4) is 34.3 Å². The van der Waals surface area contributed by atoms with E-state index in [1.807, 2.05) is 41.8 Å². The standard InChI is InChI=1S/C23H25N3O4S/c1-6-11-24-23-26(25-14-16-12-17(27-2)7-9-21(16)29-4)20(15-31-23)19-13-18(28-3)8-10-22(19)30-5/h6-10,12-15H,1,11H2,2-5H3. The lowest BCUT2D eigenvalue weighted by atomic mass is 10.1. The number of hydrogen-bond acceptors (Lipinski definition) is 7. The van der Waals surface area contributed by atoms with E-state index in [0.29, 0.717) is 23.8 Å². The van der Waals surface area contributed by atoms with Crippen molar-refractivity contribution in [1.29, 1.82) is 0 Å². The van der Waals surface area contributed by atoms with E-state index in [0.717, 1.165) is 27.4 Å². The molecular weight excluding hydrogens is 414 g/mol. The number of aromatic nitrogens is 1. The highest BCUT2D eigenvalue weighted by atomic mass is 32.1. The van der Waals surface area contributed by atoms with Crippen LogP contribution in [0.2, 0.25) is 0 Å². The van der Waals surface area contributed by atoms with E-state index in [1.54, 1.807) is 45.4 Å². The molecule has 0 radical (unpaired) electrons. The van der Waals surface area contributed by atoms with E-state index in [4.69, 9.17) is 24.0 Å². The third-order valence-corrected chi connectivity index (χ3v) is 5.33. The summed E-state index contributed by atoms with van der Waals surface area (Å²) in [4.78, 5) is 5.30. The molecule has 0 aliphatic carbocycles. The lowest BCUT2D eigenvalue weighted by Crippen LogP contribution is -2.13. The summed E-state index contributed by atoms with van der Waals surface area (Å²) in [5.41, 5.74) is 2.44. The minimum atomic E-state index is 0.479. The summed E-state index contributed by atoms with van der Waals surface area (Å²) in [7, 11) is 6.50. The van der Waals surface area contributed by atoms with E-state index in [9.17, 15) is 0 Å². The second-order valence-electron chi connectivity index (χ2n) is 6.26. The number of nitrogens with zero attached hydrogens (tertiary/aromatic N) is 3. The number of benzene rings is 2. The molecule has 0 fully saturated rings. The molecule has 1 heterocycles. The van der Waals surface area contributed by atoms with Crippen LogP contribution in [0.15, 0.2) is 64.5 Å². The molecule has 0 unspecified atom stereocenters. The summed E-state index contributed by atoms with van der Waals surface area (Å²) >= 11 is 1.48. The Morgan fingerprint density at radius 2 is 1.61 bits per heavy atom. The summed E-state index contributed by atoms with van der Waals surface area (Å²) in [5.74, 6) is 2.82. The molecule has 0 spiro atoms. The van der Waals surface area contributed by atoms with Crippen LogP contribution < -0.4 is 23.7 Å². The van der Waals surface area contributed by atoms with E-state index in [-0.39, 0.29) is 0 Å². The molecule has 0 bridgehead atoms. The minimum absolute atomic E-state index is 0.479. The van der Waals surface area contributed by atoms with Gasteiger partial charge >= 0.3 is 0 Å². The monoisotopic (exact) mass is 439 g/mol. The molecule has 2 aromatic carbocycles. The molecule has 7 nitrogen and oxygen atoms in total. The molecule has 0 saturated carbocycles. The van der Waals surface area contributed by atoms with E-state index >= 15 is 0 Å². The summed E-state index contributed by atoms with van der Waals surface area (Å²) in [6.45, 7) is 4.23. The maximum absolute atomic E-state index is 5.57. The molecule has 0 N–H and O–H groups in total. The first kappa shape index (κ1) is 22.2. The fourth-order valence-corrected chi connectivity index (χ4v) is 3.76. The Hall–Kier alpha value is -3.52. The molecule has 0 amide bonds. The number of thiazole rings is 1. The summed E-state index contributed by atoms with van der Waals surface area (Å²) < 4.78 is 23.5. The fourth-order valence-electron chi connectivity index (χ4n) is 2.92. The Bertz CT molecular complexity index is 1150. The van der Waals surface area contributed by atoms with Gasteiger partial charge in [-0.3, -0.25) is 4.99 Å². The predicted octanol–water partition coefficient (Wildman–Crippen LogP) is 4.22. The fraction of sp³-hybridized carbons (Fsp3) is 0.217. The first-order chi connectivity index (χ1) is 15.1. The van der Waals surface area contributed by atoms with Gasteiger partial charge in [-0.05, 0) is 36.4 Å². The Morgan fingerprint density at radius 1 is 0.935 bits per heavy atom. The zero-order valence-electron chi connectivity index (χ0n) is 18.0. The van der Waals surface area contributed by atoms with Gasteiger partial charge in [0.05, 0.1) is 46.9 Å². The van der Waals surface area contributed by atoms with Gasteiger partial charge in [0.2, 0.25) is 4.80 Å². The van der Waals surface area contributed by atoms with E-state index in [2.05, 4.69) is 11.6 Å². The van der Waals surface area contributed by atoms with Crippen LogP contribution in [0, 0.1) is 0 Å². The third-order valence-electron chi connectivity index (χ3n) is 4.47. The highest BCUT2D eigenvalue weighted by Gasteiger charge is 2.14. The predicted molar refractivity (Wildman–Crippen MR) is 124 cm³/mol. The Kier molecular flexibility index (Phi) is 7.50. The van der Waals surface area contributed by atoms with Crippen molar-refractivity contribution >= 4 is 17.6 Å². The molecule has 3 aromatic rings. The van der Waals surface area contributed by atoms with Gasteiger partial charge < -0.3 is 18.9 Å². The second-order valence-corrected chi connectivity index (χ2v) is 7.10. The van der Waals surface area contributed by atoms with Crippen molar-refractivity contribution in [3.63, 3.8) is 0 Å². The van der Waals surface area contributed by atoms with Crippen molar-refractivity contribution in [2.45, 2.75) is 0 Å². The quantitative estimate of drug-likeness (QED) is 0.370. The Balaban J connectivity index is 2.18. The smallest absolute Gasteiger partial charge is 0.206 e. The maximum atomic E-state index is 5.57. The van der Waals surface area contributed by atoms with Gasteiger partial charge in [-0.2, -0.15) is 5.10 Å². The highest BCUT2D eigenvalue weighted by molar-refractivity contribution is 7.07. The van der Waals surface area contributed by atoms with Gasteiger partial charge in [0.1, 0.15) is 23.0 Å². The molecule has 0 aliphatic heterocycles. The van der Waals surface area contributed by atoms with Crippen molar-refractivity contribution in [2.24, 2.45) is 10.1 Å². The molecule has 8 heteroatoms. The lowest BCUT2D eigenvalue weighted by Gasteiger charge is -2.11. The molecule has 0 atom stereocenters. The molecule has 0 aliphatic rings. The maximum Gasteiger partial charge on any atom is 0.206 e. The minimum Gasteiger partial charge on any atom is -0.497 e. The normalized spacial score (nSPS) is 11.5. The summed E-state index contributed by atoms with van der Waals surface area (Å²) in [5, 5.41) is 6.71. The van der Waals surface area contributed by atoms with Crippen molar-refractivity contribution in [2.75, 3.05) is 35.0 Å². The van der Waals surface area contributed by atoms with Crippen molar-refractivity contribution in [1.82, 2.24) is 4.68 Å². The van der Waals surface area contributed by atoms with Gasteiger partial charge in [-0.25, -0.2) is 4.68 Å². The van der Waals surface area contributed by atoms with Crippen LogP contribution in [-0.2, 0) is 0 Å². The average molecular weight is 440 g/mol. The van der Waals surface area contributed by atoms with Crippen LogP contribution in [0.3, 0.4) is 0 Å². The molecule has 0 saturated heterocycles. The van der Waals surface area contributed by atoms with Crippen LogP contribution in [-0.4, -0.2) is 45.9 Å². The molecular formula is C23H25N3O4S. The van der Waals surface area contributed by atoms with Crippen LogP contribution in [0.1, 0.15) is 5.56 Å².